The Balaban J connectivity index is 0.00000117. The smallest absolute Gasteiger partial charge is 0.255 e. The number of benzene rings is 2. The maximum Gasteiger partial charge on any atom is 0.255 e. The zero-order valence-electron chi connectivity index (χ0n) is 16.7. The van der Waals surface area contributed by atoms with Crippen molar-refractivity contribution in [2.24, 2.45) is 16.5 Å². The van der Waals surface area contributed by atoms with Crippen molar-refractivity contribution in [2.45, 2.75) is 26.9 Å². The van der Waals surface area contributed by atoms with Crippen molar-refractivity contribution in [3.8, 4) is 11.4 Å². The van der Waals surface area contributed by atoms with Gasteiger partial charge in [0.05, 0.1) is 11.4 Å². The summed E-state index contributed by atoms with van der Waals surface area (Å²) in [5.41, 5.74) is 14.8. The second-order valence-electron chi connectivity index (χ2n) is 6.16. The normalized spacial score (nSPS) is 14.5. The van der Waals surface area contributed by atoms with Gasteiger partial charge >= 0.3 is 0 Å². The van der Waals surface area contributed by atoms with Crippen molar-refractivity contribution in [1.82, 2.24) is 14.8 Å². The number of carbonyl (C=O) groups excluding carboxylic acids is 1. The molecule has 4 N–H and O–H groups in total. The van der Waals surface area contributed by atoms with Crippen molar-refractivity contribution in [3.05, 3.63) is 71.3 Å². The van der Waals surface area contributed by atoms with Gasteiger partial charge in [0.1, 0.15) is 11.6 Å². The van der Waals surface area contributed by atoms with Crippen molar-refractivity contribution in [2.75, 3.05) is 6.61 Å². The van der Waals surface area contributed by atoms with E-state index < -0.39 is 12.1 Å². The first kappa shape index (κ1) is 20.2. The number of carbonyl (C=O) groups is 1. The molecule has 8 nitrogen and oxygen atoms in total. The monoisotopic (exact) mass is 392 g/mol. The number of ether oxygens (including phenoxy) is 1. The Labute approximate surface area is 169 Å². The third kappa shape index (κ3) is 4.02. The number of aliphatic imine (C=N–C) groups is 1. The van der Waals surface area contributed by atoms with Crippen LogP contribution in [0.25, 0.3) is 5.69 Å². The van der Waals surface area contributed by atoms with E-state index in [2.05, 4.69) is 10.2 Å². The lowest BCUT2D eigenvalue weighted by Gasteiger charge is -2.14. The minimum atomic E-state index is -0.663. The van der Waals surface area contributed by atoms with Gasteiger partial charge in [-0.05, 0) is 19.1 Å². The Morgan fingerprint density at radius 2 is 1.86 bits per heavy atom. The van der Waals surface area contributed by atoms with Gasteiger partial charge in [-0.3, -0.25) is 14.4 Å². The van der Waals surface area contributed by atoms with E-state index in [0.29, 0.717) is 17.4 Å². The van der Waals surface area contributed by atoms with Crippen LogP contribution in [0.15, 0.2) is 53.5 Å². The summed E-state index contributed by atoms with van der Waals surface area (Å²) in [6, 6.07) is 15.3. The second kappa shape index (κ2) is 8.66. The summed E-state index contributed by atoms with van der Waals surface area (Å²) in [6.45, 7) is 5.64. The number of hydrogen-bond donors (Lipinski definition) is 2. The van der Waals surface area contributed by atoms with Gasteiger partial charge in [0.25, 0.3) is 5.91 Å². The summed E-state index contributed by atoms with van der Waals surface area (Å²) in [5, 5.41) is 8.33. The van der Waals surface area contributed by atoms with Crippen LogP contribution in [-0.4, -0.2) is 33.0 Å². The summed E-state index contributed by atoms with van der Waals surface area (Å²) in [6.07, 6.45) is -0.663. The number of aryl methyl sites for hydroxylation is 1. The minimum Gasteiger partial charge on any atom is -0.484 e. The molecule has 1 amide bonds. The van der Waals surface area contributed by atoms with Crippen LogP contribution in [0.4, 0.5) is 0 Å². The fourth-order valence-electron chi connectivity index (χ4n) is 3.10. The predicted molar refractivity (Wildman–Crippen MR) is 111 cm³/mol. The molecule has 3 aromatic rings. The summed E-state index contributed by atoms with van der Waals surface area (Å²) >= 11 is 0. The number of fused-ring (bicyclic) bond motifs is 3. The largest absolute Gasteiger partial charge is 0.484 e. The summed E-state index contributed by atoms with van der Waals surface area (Å²) in [4.78, 5) is 15.7. The van der Waals surface area contributed by atoms with Crippen LogP contribution < -0.4 is 16.2 Å². The number of nitrogens with zero attached hydrogens (tertiary/aromatic N) is 4. The molecule has 8 heteroatoms. The molecule has 2 aromatic carbocycles. The average Bonchev–Trinajstić information content (AvgIpc) is 3.08. The molecule has 0 saturated carbocycles. The van der Waals surface area contributed by atoms with Gasteiger partial charge in [-0.2, -0.15) is 0 Å². The molecule has 2 heterocycles. The molecule has 0 aliphatic carbocycles. The fraction of sp³-hybridized carbons (Fsp3) is 0.238. The summed E-state index contributed by atoms with van der Waals surface area (Å²) in [5.74, 6) is 1.18. The van der Waals surface area contributed by atoms with Crippen LogP contribution in [0.2, 0.25) is 0 Å². The highest BCUT2D eigenvalue weighted by molar-refractivity contribution is 6.15. The van der Waals surface area contributed by atoms with E-state index in [1.807, 2.05) is 67.8 Å². The first-order valence-corrected chi connectivity index (χ1v) is 9.41. The minimum absolute atomic E-state index is 0.202. The topological polar surface area (TPSA) is 121 Å². The maximum atomic E-state index is 11.0. The average molecular weight is 392 g/mol. The van der Waals surface area contributed by atoms with Crippen molar-refractivity contribution in [3.63, 3.8) is 0 Å². The Morgan fingerprint density at radius 3 is 2.55 bits per heavy atom. The first-order chi connectivity index (χ1) is 14.0. The van der Waals surface area contributed by atoms with E-state index in [1.54, 1.807) is 6.07 Å². The van der Waals surface area contributed by atoms with E-state index in [-0.39, 0.29) is 6.61 Å². The fourth-order valence-corrected chi connectivity index (χ4v) is 3.10. The predicted octanol–water partition coefficient (Wildman–Crippen LogP) is 2.27. The Kier molecular flexibility index (Phi) is 6.04. The molecule has 0 radical (unpaired) electrons. The highest BCUT2D eigenvalue weighted by atomic mass is 16.5. The van der Waals surface area contributed by atoms with Gasteiger partial charge in [0, 0.05) is 17.2 Å². The number of rotatable bonds is 4. The van der Waals surface area contributed by atoms with Gasteiger partial charge in [-0.15, -0.1) is 10.2 Å². The van der Waals surface area contributed by atoms with Crippen LogP contribution >= 0.6 is 0 Å². The molecule has 0 fully saturated rings. The van der Waals surface area contributed by atoms with Crippen LogP contribution in [0.5, 0.6) is 5.75 Å². The van der Waals surface area contributed by atoms with E-state index in [4.69, 9.17) is 21.2 Å². The van der Waals surface area contributed by atoms with Gasteiger partial charge in [0.2, 0.25) is 0 Å². The number of primary amides is 1. The quantitative estimate of drug-likeness (QED) is 0.705. The SMILES string of the molecule is CC.Cc1nnc2n1-c1cc(OCC(N)=O)ccc1C(c1ccccc1)=NC2N. The molecule has 0 bridgehead atoms. The van der Waals surface area contributed by atoms with Crippen LogP contribution in [0.1, 0.15) is 42.8 Å². The lowest BCUT2D eigenvalue weighted by Crippen LogP contribution is -2.20. The lowest BCUT2D eigenvalue weighted by atomic mass is 10.00. The summed E-state index contributed by atoms with van der Waals surface area (Å²) in [7, 11) is 0. The molecule has 4 rings (SSSR count). The molecule has 29 heavy (non-hydrogen) atoms. The molecule has 150 valence electrons. The number of nitrogens with two attached hydrogens (primary N) is 2. The second-order valence-corrected chi connectivity index (χ2v) is 6.16. The van der Waals surface area contributed by atoms with Gasteiger partial charge in [-0.1, -0.05) is 44.2 Å². The maximum absolute atomic E-state index is 11.0. The van der Waals surface area contributed by atoms with Gasteiger partial charge in [-0.25, -0.2) is 0 Å². The third-order valence-corrected chi connectivity index (χ3v) is 4.28. The number of hydrogen-bond acceptors (Lipinski definition) is 6. The molecular weight excluding hydrogens is 368 g/mol. The van der Waals surface area contributed by atoms with Crippen molar-refractivity contribution in [1.29, 1.82) is 0 Å². The molecule has 1 unspecified atom stereocenters. The number of amides is 1. The molecule has 0 saturated heterocycles. The lowest BCUT2D eigenvalue weighted by molar-refractivity contribution is -0.119. The van der Waals surface area contributed by atoms with Crippen LogP contribution in [0.3, 0.4) is 0 Å². The third-order valence-electron chi connectivity index (χ3n) is 4.28. The molecule has 1 aliphatic heterocycles. The molecular formula is C21H24N6O2. The molecule has 1 aromatic heterocycles. The summed E-state index contributed by atoms with van der Waals surface area (Å²) < 4.78 is 7.33. The molecule has 1 atom stereocenters. The van der Waals surface area contributed by atoms with Crippen molar-refractivity contribution >= 4 is 11.6 Å². The Hall–Kier alpha value is -3.52. The highest BCUT2D eigenvalue weighted by Gasteiger charge is 2.26. The number of aromatic nitrogens is 3. The Bertz CT molecular complexity index is 1040. The first-order valence-electron chi connectivity index (χ1n) is 9.41. The van der Waals surface area contributed by atoms with E-state index >= 15 is 0 Å². The highest BCUT2D eigenvalue weighted by Crippen LogP contribution is 2.31. The van der Waals surface area contributed by atoms with E-state index in [0.717, 1.165) is 22.5 Å². The molecule has 0 spiro atoms. The van der Waals surface area contributed by atoms with Crippen molar-refractivity contribution < 1.29 is 9.53 Å². The van der Waals surface area contributed by atoms with E-state index in [9.17, 15) is 4.79 Å². The zero-order valence-corrected chi connectivity index (χ0v) is 16.7. The van der Waals surface area contributed by atoms with Gasteiger partial charge in [0.15, 0.2) is 18.6 Å². The van der Waals surface area contributed by atoms with Crippen LogP contribution in [0, 0.1) is 6.92 Å². The standard InChI is InChI=1S/C19H18N6O2.C2H6/c1-11-23-24-19-18(21)22-17(12-5-3-2-4-6-12)14-8-7-13(27-10-16(20)26)9-15(14)25(11)19;1-2/h2-9,18H,10,21H2,1H3,(H2,20,26);1-2H3. The Morgan fingerprint density at radius 1 is 1.14 bits per heavy atom. The van der Waals surface area contributed by atoms with Crippen LogP contribution in [-0.2, 0) is 4.79 Å². The van der Waals surface area contributed by atoms with E-state index in [1.165, 1.54) is 0 Å². The zero-order chi connectivity index (χ0) is 21.0. The van der Waals surface area contributed by atoms with Gasteiger partial charge < -0.3 is 16.2 Å². The molecule has 1 aliphatic rings.